The van der Waals surface area contributed by atoms with Gasteiger partial charge in [-0.1, -0.05) is 36.4 Å². The molecule has 296 valence electrons. The maximum absolute atomic E-state index is 14.5. The van der Waals surface area contributed by atoms with Crippen LogP contribution >= 0.6 is 0 Å². The van der Waals surface area contributed by atoms with Crippen LogP contribution in [-0.2, 0) is 0 Å². The van der Waals surface area contributed by atoms with Gasteiger partial charge in [0, 0.05) is 32.9 Å². The van der Waals surface area contributed by atoms with E-state index in [1.807, 2.05) is 109 Å². The second-order valence-corrected chi connectivity index (χ2v) is 15.0. The maximum atomic E-state index is 14.5. The SMILES string of the molecule is Fc1cnc2cc(N3/C(=C4\N(c5ccc6cc(F)cnc6c5)c5ccccc5N4c4ccc5cc(F)ccc5n4)N(c4ccc5cc(F)ccc5n4)c4ccccc43)ccc2c1. The van der Waals surface area contributed by atoms with Crippen LogP contribution in [0.1, 0.15) is 0 Å². The fourth-order valence-corrected chi connectivity index (χ4v) is 8.59. The number of nitrogens with zero attached hydrogens (tertiary/aromatic N) is 8. The average Bonchev–Trinajstić information content (AvgIpc) is 3.81. The number of hydrogen-bond acceptors (Lipinski definition) is 8. The van der Waals surface area contributed by atoms with Crippen molar-refractivity contribution in [3.05, 3.63) is 205 Å². The molecule has 0 radical (unpaired) electrons. The molecular formula is C50H28F4N8. The summed E-state index contributed by atoms with van der Waals surface area (Å²) in [5.41, 5.74) is 6.91. The molecule has 2 aliphatic heterocycles. The maximum Gasteiger partial charge on any atom is 0.167 e. The third-order valence-electron chi connectivity index (χ3n) is 11.3. The number of fused-ring (bicyclic) bond motifs is 6. The summed E-state index contributed by atoms with van der Waals surface area (Å²) in [7, 11) is 0. The minimum Gasteiger partial charge on any atom is -0.291 e. The molecule has 0 fully saturated rings. The van der Waals surface area contributed by atoms with Gasteiger partial charge in [-0.3, -0.25) is 29.6 Å². The lowest BCUT2D eigenvalue weighted by Gasteiger charge is -2.33. The number of para-hydroxylation sites is 4. The molecule has 8 nitrogen and oxygen atoms in total. The van der Waals surface area contributed by atoms with Gasteiger partial charge in [0.1, 0.15) is 34.9 Å². The lowest BCUT2D eigenvalue weighted by molar-refractivity contribution is 0.624. The standard InChI is InChI=1S/C50H28F4N8/c51-33-13-17-39-29(21-33)11-19-47(57-39)61-45-7-3-1-5-43(45)59(37-15-9-31-23-35(53)27-55-41(31)25-37)49(61)50-60(38-16-10-32-24-36(54)28-56-42(32)26-38)44-6-2-4-8-46(44)62(50)48-20-12-30-22-34(52)14-18-40(30)58-48/h1-28H/b50-49-. The van der Waals surface area contributed by atoms with Gasteiger partial charge in [-0.25, -0.2) is 27.5 Å². The van der Waals surface area contributed by atoms with E-state index in [1.165, 1.54) is 48.8 Å². The van der Waals surface area contributed by atoms with Crippen LogP contribution in [0, 0.1) is 23.3 Å². The monoisotopic (exact) mass is 816 g/mol. The number of halogens is 4. The van der Waals surface area contributed by atoms with Crippen molar-refractivity contribution < 1.29 is 17.6 Å². The molecule has 4 aromatic heterocycles. The number of hydrogen-bond donors (Lipinski definition) is 0. The van der Waals surface area contributed by atoms with Crippen LogP contribution in [-0.4, -0.2) is 19.9 Å². The molecule has 62 heavy (non-hydrogen) atoms. The highest BCUT2D eigenvalue weighted by Gasteiger charge is 2.45. The van der Waals surface area contributed by atoms with Gasteiger partial charge in [-0.15, -0.1) is 0 Å². The molecule has 6 heterocycles. The molecule has 0 N–H and O–H groups in total. The van der Waals surface area contributed by atoms with Crippen molar-refractivity contribution in [3.8, 4) is 0 Å². The highest BCUT2D eigenvalue weighted by atomic mass is 19.1. The molecule has 0 spiro atoms. The molecule has 0 atom stereocenters. The van der Waals surface area contributed by atoms with Gasteiger partial charge in [-0.05, 0) is 121 Å². The molecule has 6 aromatic carbocycles. The van der Waals surface area contributed by atoms with Crippen LogP contribution in [0.2, 0.25) is 0 Å². The van der Waals surface area contributed by atoms with Crippen molar-refractivity contribution in [1.29, 1.82) is 0 Å². The Balaban J connectivity index is 1.22. The molecule has 0 amide bonds. The zero-order chi connectivity index (χ0) is 41.6. The number of aromatic nitrogens is 4. The Labute approximate surface area is 350 Å². The minimum atomic E-state index is -0.443. The summed E-state index contributed by atoms with van der Waals surface area (Å²) in [5, 5.41) is 2.52. The zero-order valence-electron chi connectivity index (χ0n) is 32.3. The molecule has 0 bridgehead atoms. The van der Waals surface area contributed by atoms with Crippen LogP contribution in [0.25, 0.3) is 43.6 Å². The Morgan fingerprint density at radius 3 is 1.13 bits per heavy atom. The van der Waals surface area contributed by atoms with Gasteiger partial charge >= 0.3 is 0 Å². The van der Waals surface area contributed by atoms with Crippen molar-refractivity contribution in [2.45, 2.75) is 0 Å². The zero-order valence-corrected chi connectivity index (χ0v) is 32.3. The summed E-state index contributed by atoms with van der Waals surface area (Å²) in [6.45, 7) is 0. The average molecular weight is 817 g/mol. The van der Waals surface area contributed by atoms with Crippen molar-refractivity contribution >= 4 is 89.4 Å². The van der Waals surface area contributed by atoms with Crippen molar-refractivity contribution in [3.63, 3.8) is 0 Å². The second kappa shape index (κ2) is 13.6. The van der Waals surface area contributed by atoms with E-state index in [0.717, 1.165) is 22.7 Å². The Morgan fingerprint density at radius 2 is 0.694 bits per heavy atom. The quantitative estimate of drug-likeness (QED) is 0.163. The Morgan fingerprint density at radius 1 is 0.323 bits per heavy atom. The molecule has 0 unspecified atom stereocenters. The fourth-order valence-electron chi connectivity index (χ4n) is 8.59. The van der Waals surface area contributed by atoms with E-state index < -0.39 is 11.6 Å². The van der Waals surface area contributed by atoms with Crippen molar-refractivity contribution in [1.82, 2.24) is 19.9 Å². The van der Waals surface area contributed by atoms with Crippen LogP contribution in [0.3, 0.4) is 0 Å². The summed E-state index contributed by atoms with van der Waals surface area (Å²) < 4.78 is 58.0. The Kier molecular flexibility index (Phi) is 7.79. The molecule has 12 rings (SSSR count). The van der Waals surface area contributed by atoms with Crippen LogP contribution in [0.15, 0.2) is 182 Å². The van der Waals surface area contributed by atoms with E-state index >= 15 is 0 Å². The molecule has 0 aliphatic carbocycles. The first kappa shape index (κ1) is 35.6. The van der Waals surface area contributed by atoms with E-state index in [0.29, 0.717) is 78.3 Å². The highest BCUT2D eigenvalue weighted by Crippen LogP contribution is 2.57. The van der Waals surface area contributed by atoms with Gasteiger partial charge in [0.2, 0.25) is 0 Å². The summed E-state index contributed by atoms with van der Waals surface area (Å²) >= 11 is 0. The minimum absolute atomic E-state index is 0.370. The normalized spacial score (nSPS) is 14.8. The van der Waals surface area contributed by atoms with Crippen LogP contribution < -0.4 is 19.6 Å². The largest absolute Gasteiger partial charge is 0.291 e. The van der Waals surface area contributed by atoms with Crippen molar-refractivity contribution in [2.75, 3.05) is 19.6 Å². The van der Waals surface area contributed by atoms with Gasteiger partial charge in [0.25, 0.3) is 0 Å². The lowest BCUT2D eigenvalue weighted by atomic mass is 10.1. The predicted octanol–water partition coefficient (Wildman–Crippen LogP) is 12.8. The first-order valence-electron chi connectivity index (χ1n) is 19.7. The molecular weight excluding hydrogens is 789 g/mol. The summed E-state index contributed by atoms with van der Waals surface area (Å²) in [5.74, 6) is 0.683. The summed E-state index contributed by atoms with van der Waals surface area (Å²) in [6, 6.07) is 46.6. The highest BCUT2D eigenvalue weighted by molar-refractivity contribution is 6.02. The number of benzene rings is 6. The Bertz CT molecular complexity index is 3080. The molecule has 0 saturated carbocycles. The van der Waals surface area contributed by atoms with Gasteiger partial charge < -0.3 is 0 Å². The summed E-state index contributed by atoms with van der Waals surface area (Å²) in [4.78, 5) is 27.6. The van der Waals surface area contributed by atoms with Crippen molar-refractivity contribution in [2.24, 2.45) is 0 Å². The van der Waals surface area contributed by atoms with E-state index in [1.54, 1.807) is 12.1 Å². The number of rotatable bonds is 4. The van der Waals surface area contributed by atoms with E-state index in [-0.39, 0.29) is 11.6 Å². The first-order chi connectivity index (χ1) is 30.3. The molecule has 2 aliphatic rings. The lowest BCUT2D eigenvalue weighted by Crippen LogP contribution is -2.34. The van der Waals surface area contributed by atoms with Gasteiger partial charge in [-0.2, -0.15) is 0 Å². The topological polar surface area (TPSA) is 64.5 Å². The first-order valence-corrected chi connectivity index (χ1v) is 19.7. The predicted molar refractivity (Wildman–Crippen MR) is 235 cm³/mol. The van der Waals surface area contributed by atoms with Gasteiger partial charge in [0.15, 0.2) is 11.6 Å². The smallest absolute Gasteiger partial charge is 0.167 e. The van der Waals surface area contributed by atoms with E-state index in [2.05, 4.69) is 29.6 Å². The number of anilines is 8. The number of pyridine rings is 4. The molecule has 12 heteroatoms. The van der Waals surface area contributed by atoms with Gasteiger partial charge in [0.05, 0.1) is 57.2 Å². The molecule has 0 saturated heterocycles. The molecule has 10 aromatic rings. The van der Waals surface area contributed by atoms with Crippen LogP contribution in [0.4, 0.5) is 63.3 Å². The van der Waals surface area contributed by atoms with E-state index in [4.69, 9.17) is 9.97 Å². The summed E-state index contributed by atoms with van der Waals surface area (Å²) in [6.07, 6.45) is 2.40. The third kappa shape index (κ3) is 5.60. The third-order valence-corrected chi connectivity index (χ3v) is 11.3. The second-order valence-electron chi connectivity index (χ2n) is 15.0. The fraction of sp³-hybridized carbons (Fsp3) is 0. The Hall–Kier alpha value is -8.38. The van der Waals surface area contributed by atoms with Crippen LogP contribution in [0.5, 0.6) is 0 Å². The van der Waals surface area contributed by atoms with E-state index in [9.17, 15) is 17.6 Å².